The van der Waals surface area contributed by atoms with Crippen LogP contribution in [0, 0.1) is 5.41 Å². The van der Waals surface area contributed by atoms with Crippen LogP contribution in [0.2, 0.25) is 0 Å². The van der Waals surface area contributed by atoms with E-state index in [2.05, 4.69) is 26.8 Å². The summed E-state index contributed by atoms with van der Waals surface area (Å²) >= 11 is 0. The maximum Gasteiger partial charge on any atom is 0.184 e. The van der Waals surface area contributed by atoms with Gasteiger partial charge in [-0.25, -0.2) is 0 Å². The predicted molar refractivity (Wildman–Crippen MR) is 60.2 cm³/mol. The first-order chi connectivity index (χ1) is 6.44. The third-order valence-corrected chi connectivity index (χ3v) is 2.43. The molecule has 0 N–H and O–H groups in total. The first-order valence-corrected chi connectivity index (χ1v) is 5.35. The SMILES string of the molecule is C/C=C1\CCC/C(=C\C(C)(C)C)C1=O. The molecule has 0 saturated heterocycles. The minimum Gasteiger partial charge on any atom is -0.289 e. The van der Waals surface area contributed by atoms with Crippen molar-refractivity contribution < 1.29 is 4.79 Å². The smallest absolute Gasteiger partial charge is 0.184 e. The standard InChI is InChI=1S/C13H20O/c1-5-10-7-6-8-11(12(10)14)9-13(2,3)4/h5,9H,6-8H2,1-4H3/b10-5+,11-9+. The fourth-order valence-electron chi connectivity index (χ4n) is 1.84. The first kappa shape index (κ1) is 11.2. The molecule has 0 unspecified atom stereocenters. The van der Waals surface area contributed by atoms with Gasteiger partial charge < -0.3 is 0 Å². The Kier molecular flexibility index (Phi) is 3.30. The average molecular weight is 192 g/mol. The Bertz CT molecular complexity index is 287. The highest BCUT2D eigenvalue weighted by Crippen LogP contribution is 2.28. The van der Waals surface area contributed by atoms with Crippen molar-refractivity contribution in [1.82, 2.24) is 0 Å². The van der Waals surface area contributed by atoms with Crippen LogP contribution in [0.3, 0.4) is 0 Å². The maximum atomic E-state index is 11.9. The Morgan fingerprint density at radius 2 is 1.71 bits per heavy atom. The van der Waals surface area contributed by atoms with Gasteiger partial charge in [-0.1, -0.05) is 32.9 Å². The van der Waals surface area contributed by atoms with Crippen molar-refractivity contribution in [2.45, 2.75) is 47.0 Å². The molecule has 0 aliphatic heterocycles. The zero-order valence-corrected chi connectivity index (χ0v) is 9.68. The van der Waals surface area contributed by atoms with Gasteiger partial charge in [-0.15, -0.1) is 0 Å². The Labute approximate surface area is 86.9 Å². The molecule has 1 fully saturated rings. The van der Waals surface area contributed by atoms with Gasteiger partial charge in [-0.3, -0.25) is 4.79 Å². The molecule has 0 bridgehead atoms. The molecular weight excluding hydrogens is 172 g/mol. The number of rotatable bonds is 0. The second-order valence-electron chi connectivity index (χ2n) is 5.03. The summed E-state index contributed by atoms with van der Waals surface area (Å²) in [4.78, 5) is 11.9. The average Bonchev–Trinajstić information content (AvgIpc) is 2.06. The quantitative estimate of drug-likeness (QED) is 0.535. The van der Waals surface area contributed by atoms with Crippen molar-refractivity contribution in [1.29, 1.82) is 0 Å². The van der Waals surface area contributed by atoms with Crippen molar-refractivity contribution in [2.75, 3.05) is 0 Å². The lowest BCUT2D eigenvalue weighted by molar-refractivity contribution is -0.113. The van der Waals surface area contributed by atoms with E-state index in [0.29, 0.717) is 0 Å². The lowest BCUT2D eigenvalue weighted by Gasteiger charge is -2.20. The van der Waals surface area contributed by atoms with E-state index < -0.39 is 0 Å². The van der Waals surface area contributed by atoms with E-state index in [0.717, 1.165) is 30.4 Å². The van der Waals surface area contributed by atoms with Crippen molar-refractivity contribution in [3.05, 3.63) is 23.3 Å². The summed E-state index contributed by atoms with van der Waals surface area (Å²) < 4.78 is 0. The molecule has 0 spiro atoms. The van der Waals surface area contributed by atoms with Gasteiger partial charge in [-0.2, -0.15) is 0 Å². The van der Waals surface area contributed by atoms with Crippen molar-refractivity contribution in [3.63, 3.8) is 0 Å². The van der Waals surface area contributed by atoms with E-state index >= 15 is 0 Å². The number of hydrogen-bond acceptors (Lipinski definition) is 1. The third kappa shape index (κ3) is 2.83. The van der Waals surface area contributed by atoms with Gasteiger partial charge >= 0.3 is 0 Å². The van der Waals surface area contributed by atoms with E-state index in [1.54, 1.807) is 0 Å². The van der Waals surface area contributed by atoms with Crippen molar-refractivity contribution in [3.8, 4) is 0 Å². The number of carbonyl (C=O) groups excluding carboxylic acids is 1. The van der Waals surface area contributed by atoms with Crippen molar-refractivity contribution in [2.24, 2.45) is 5.41 Å². The molecule has 1 aliphatic carbocycles. The summed E-state index contributed by atoms with van der Waals surface area (Å²) in [6, 6.07) is 0. The molecule has 0 amide bonds. The van der Waals surface area contributed by atoms with Gasteiger partial charge in [0.15, 0.2) is 5.78 Å². The van der Waals surface area contributed by atoms with E-state index in [9.17, 15) is 4.79 Å². The fraction of sp³-hybridized carbons (Fsp3) is 0.615. The molecule has 1 nitrogen and oxygen atoms in total. The number of carbonyl (C=O) groups is 1. The molecule has 1 aliphatic rings. The number of allylic oxidation sites excluding steroid dienone is 4. The molecule has 0 aromatic heterocycles. The van der Waals surface area contributed by atoms with Crippen LogP contribution in [0.25, 0.3) is 0 Å². The Balaban J connectivity index is 2.91. The summed E-state index contributed by atoms with van der Waals surface area (Å²) in [7, 11) is 0. The van der Waals surface area contributed by atoms with E-state index in [1.807, 2.05) is 13.0 Å². The van der Waals surface area contributed by atoms with E-state index in [4.69, 9.17) is 0 Å². The Hall–Kier alpha value is -0.850. The second-order valence-corrected chi connectivity index (χ2v) is 5.03. The summed E-state index contributed by atoms with van der Waals surface area (Å²) in [5.74, 6) is 0.272. The van der Waals surface area contributed by atoms with Crippen LogP contribution in [0.15, 0.2) is 23.3 Å². The minimum absolute atomic E-state index is 0.112. The molecule has 1 saturated carbocycles. The summed E-state index contributed by atoms with van der Waals surface area (Å²) in [5.41, 5.74) is 2.12. The van der Waals surface area contributed by atoms with Gasteiger partial charge in [-0.05, 0) is 42.7 Å². The second kappa shape index (κ2) is 4.12. The summed E-state index contributed by atoms with van der Waals surface area (Å²) in [6.07, 6.45) is 7.10. The third-order valence-electron chi connectivity index (χ3n) is 2.43. The molecule has 1 heteroatoms. The van der Waals surface area contributed by atoms with Crippen molar-refractivity contribution >= 4 is 5.78 Å². The van der Waals surface area contributed by atoms with E-state index in [1.165, 1.54) is 0 Å². The van der Waals surface area contributed by atoms with Crippen LogP contribution >= 0.6 is 0 Å². The minimum atomic E-state index is 0.112. The lowest BCUT2D eigenvalue weighted by atomic mass is 9.84. The highest BCUT2D eigenvalue weighted by molar-refractivity contribution is 6.08. The predicted octanol–water partition coefficient (Wildman–Crippen LogP) is 3.66. The maximum absolute atomic E-state index is 11.9. The number of Topliss-reactive ketones (excluding diaryl/α,β-unsaturated/α-hetero) is 1. The first-order valence-electron chi connectivity index (χ1n) is 5.35. The largest absolute Gasteiger partial charge is 0.289 e. The van der Waals surface area contributed by atoms with Crippen LogP contribution in [-0.2, 0) is 4.79 Å². The molecule has 0 aromatic rings. The molecule has 0 radical (unpaired) electrons. The molecule has 14 heavy (non-hydrogen) atoms. The molecule has 0 aromatic carbocycles. The highest BCUT2D eigenvalue weighted by atomic mass is 16.1. The Morgan fingerprint density at radius 1 is 1.14 bits per heavy atom. The van der Waals surface area contributed by atoms with Gasteiger partial charge in [0.25, 0.3) is 0 Å². The van der Waals surface area contributed by atoms with Crippen LogP contribution in [0.1, 0.15) is 47.0 Å². The molecule has 0 heterocycles. The summed E-state index contributed by atoms with van der Waals surface area (Å²) in [6.45, 7) is 8.36. The highest BCUT2D eigenvalue weighted by Gasteiger charge is 2.21. The molecule has 1 rings (SSSR count). The summed E-state index contributed by atoms with van der Waals surface area (Å²) in [5, 5.41) is 0. The number of ketones is 1. The lowest BCUT2D eigenvalue weighted by Crippen LogP contribution is -2.15. The number of hydrogen-bond donors (Lipinski definition) is 0. The zero-order chi connectivity index (χ0) is 10.8. The fourth-order valence-corrected chi connectivity index (χ4v) is 1.84. The Morgan fingerprint density at radius 3 is 2.21 bits per heavy atom. The van der Waals surface area contributed by atoms with Crippen LogP contribution in [0.4, 0.5) is 0 Å². The van der Waals surface area contributed by atoms with Crippen LogP contribution < -0.4 is 0 Å². The molecular formula is C13H20O. The van der Waals surface area contributed by atoms with Gasteiger partial charge in [0.05, 0.1) is 0 Å². The van der Waals surface area contributed by atoms with Crippen LogP contribution in [0.5, 0.6) is 0 Å². The van der Waals surface area contributed by atoms with Crippen LogP contribution in [-0.4, -0.2) is 5.78 Å². The molecule has 0 atom stereocenters. The van der Waals surface area contributed by atoms with Gasteiger partial charge in [0.2, 0.25) is 0 Å². The van der Waals surface area contributed by atoms with Gasteiger partial charge in [0.1, 0.15) is 0 Å². The van der Waals surface area contributed by atoms with Gasteiger partial charge in [0, 0.05) is 0 Å². The monoisotopic (exact) mass is 192 g/mol. The molecule has 78 valence electrons. The zero-order valence-electron chi connectivity index (χ0n) is 9.68. The normalized spacial score (nSPS) is 24.7. The van der Waals surface area contributed by atoms with E-state index in [-0.39, 0.29) is 11.2 Å². The topological polar surface area (TPSA) is 17.1 Å².